The first-order valence-corrected chi connectivity index (χ1v) is 6.31. The Morgan fingerprint density at radius 3 is 2.70 bits per heavy atom. The third-order valence-corrected chi connectivity index (χ3v) is 2.98. The Labute approximate surface area is 116 Å². The second-order valence-electron chi connectivity index (χ2n) is 4.65. The summed E-state index contributed by atoms with van der Waals surface area (Å²) in [7, 11) is 0. The molecule has 3 aromatic rings. The molecule has 0 saturated carbocycles. The molecule has 0 aliphatic heterocycles. The van der Waals surface area contributed by atoms with Crippen LogP contribution in [0.2, 0.25) is 0 Å². The van der Waals surface area contributed by atoms with Gasteiger partial charge in [-0.1, -0.05) is 35.0 Å². The van der Waals surface area contributed by atoms with Gasteiger partial charge >= 0.3 is 0 Å². The SMILES string of the molecule is Cc1ccc(Cc2noc(-c3ccnc(N)c3)n2)cc1. The molecular weight excluding hydrogens is 252 g/mol. The first kappa shape index (κ1) is 12.3. The average molecular weight is 266 g/mol. The quantitative estimate of drug-likeness (QED) is 0.788. The van der Waals surface area contributed by atoms with E-state index in [9.17, 15) is 0 Å². The molecule has 3 rings (SSSR count). The molecule has 1 aromatic carbocycles. The number of anilines is 1. The van der Waals surface area contributed by atoms with E-state index in [1.54, 1.807) is 18.3 Å². The fraction of sp³-hybridized carbons (Fsp3) is 0.133. The van der Waals surface area contributed by atoms with Gasteiger partial charge < -0.3 is 10.3 Å². The van der Waals surface area contributed by atoms with Crippen LogP contribution in [-0.4, -0.2) is 15.1 Å². The summed E-state index contributed by atoms with van der Waals surface area (Å²) in [5.41, 5.74) is 8.80. The van der Waals surface area contributed by atoms with E-state index in [1.165, 1.54) is 5.56 Å². The number of aryl methyl sites for hydroxylation is 1. The molecular formula is C15H14N4O. The minimum atomic E-state index is 0.431. The summed E-state index contributed by atoms with van der Waals surface area (Å²) in [4.78, 5) is 8.31. The van der Waals surface area contributed by atoms with Crippen LogP contribution in [0.1, 0.15) is 17.0 Å². The van der Waals surface area contributed by atoms with Gasteiger partial charge in [-0.15, -0.1) is 0 Å². The molecule has 0 saturated heterocycles. The van der Waals surface area contributed by atoms with E-state index in [0.717, 1.165) is 11.1 Å². The number of nitrogen functional groups attached to an aromatic ring is 1. The number of rotatable bonds is 3. The number of benzene rings is 1. The maximum Gasteiger partial charge on any atom is 0.258 e. The number of hydrogen-bond donors (Lipinski definition) is 1. The van der Waals surface area contributed by atoms with Crippen LogP contribution >= 0.6 is 0 Å². The standard InChI is InChI=1S/C15H14N4O/c1-10-2-4-11(5-3-10)8-14-18-15(20-19-14)12-6-7-17-13(16)9-12/h2-7,9H,8H2,1H3,(H2,16,17). The largest absolute Gasteiger partial charge is 0.384 e. The third kappa shape index (κ3) is 2.66. The van der Waals surface area contributed by atoms with Gasteiger partial charge in [0.15, 0.2) is 5.82 Å². The summed E-state index contributed by atoms with van der Waals surface area (Å²) >= 11 is 0. The molecule has 0 aliphatic rings. The zero-order chi connectivity index (χ0) is 13.9. The highest BCUT2D eigenvalue weighted by Crippen LogP contribution is 2.19. The van der Waals surface area contributed by atoms with Crippen LogP contribution in [0.3, 0.4) is 0 Å². The Morgan fingerprint density at radius 1 is 1.15 bits per heavy atom. The lowest BCUT2D eigenvalue weighted by atomic mass is 10.1. The maximum absolute atomic E-state index is 5.64. The van der Waals surface area contributed by atoms with E-state index < -0.39 is 0 Å². The van der Waals surface area contributed by atoms with Crippen molar-refractivity contribution in [1.82, 2.24) is 15.1 Å². The van der Waals surface area contributed by atoms with Crippen LogP contribution in [0.4, 0.5) is 5.82 Å². The summed E-state index contributed by atoms with van der Waals surface area (Å²) in [5.74, 6) is 1.54. The van der Waals surface area contributed by atoms with E-state index in [1.807, 2.05) is 0 Å². The summed E-state index contributed by atoms with van der Waals surface area (Å²) in [6.45, 7) is 2.06. The molecule has 0 amide bonds. The zero-order valence-corrected chi connectivity index (χ0v) is 11.1. The Bertz CT molecular complexity index is 719. The van der Waals surface area contributed by atoms with Crippen molar-refractivity contribution in [2.45, 2.75) is 13.3 Å². The van der Waals surface area contributed by atoms with Gasteiger partial charge in [-0.05, 0) is 24.6 Å². The molecule has 0 aliphatic carbocycles. The van der Waals surface area contributed by atoms with Gasteiger partial charge in [0.1, 0.15) is 5.82 Å². The molecule has 2 aromatic heterocycles. The van der Waals surface area contributed by atoms with E-state index >= 15 is 0 Å². The monoisotopic (exact) mass is 266 g/mol. The Morgan fingerprint density at radius 2 is 1.95 bits per heavy atom. The lowest BCUT2D eigenvalue weighted by Crippen LogP contribution is -1.91. The van der Waals surface area contributed by atoms with E-state index in [4.69, 9.17) is 10.3 Å². The second kappa shape index (κ2) is 5.13. The van der Waals surface area contributed by atoms with E-state index in [2.05, 4.69) is 46.3 Å². The van der Waals surface area contributed by atoms with Crippen molar-refractivity contribution in [3.8, 4) is 11.5 Å². The number of hydrogen-bond acceptors (Lipinski definition) is 5. The van der Waals surface area contributed by atoms with Gasteiger partial charge in [0, 0.05) is 18.2 Å². The molecule has 0 radical (unpaired) electrons. The molecule has 20 heavy (non-hydrogen) atoms. The minimum absolute atomic E-state index is 0.431. The molecule has 0 spiro atoms. The molecule has 5 nitrogen and oxygen atoms in total. The van der Waals surface area contributed by atoms with Crippen molar-refractivity contribution >= 4 is 5.82 Å². The summed E-state index contributed by atoms with van der Waals surface area (Å²) in [6, 6.07) is 11.8. The smallest absolute Gasteiger partial charge is 0.258 e. The first-order chi connectivity index (χ1) is 9.70. The minimum Gasteiger partial charge on any atom is -0.384 e. The molecule has 0 bridgehead atoms. The van der Waals surface area contributed by atoms with Crippen LogP contribution in [0.25, 0.3) is 11.5 Å². The number of nitrogens with two attached hydrogens (primary N) is 1. The molecule has 100 valence electrons. The third-order valence-electron chi connectivity index (χ3n) is 2.98. The molecule has 2 N–H and O–H groups in total. The van der Waals surface area contributed by atoms with Crippen molar-refractivity contribution in [2.24, 2.45) is 0 Å². The van der Waals surface area contributed by atoms with Gasteiger partial charge in [-0.3, -0.25) is 0 Å². The second-order valence-corrected chi connectivity index (χ2v) is 4.65. The van der Waals surface area contributed by atoms with Gasteiger partial charge in [0.2, 0.25) is 0 Å². The molecule has 0 atom stereocenters. The van der Waals surface area contributed by atoms with Crippen LogP contribution in [0, 0.1) is 6.92 Å². The number of nitrogens with zero attached hydrogens (tertiary/aromatic N) is 3. The van der Waals surface area contributed by atoms with Gasteiger partial charge in [0.25, 0.3) is 5.89 Å². The lowest BCUT2D eigenvalue weighted by molar-refractivity contribution is 0.424. The van der Waals surface area contributed by atoms with Crippen molar-refractivity contribution in [3.63, 3.8) is 0 Å². The zero-order valence-electron chi connectivity index (χ0n) is 11.1. The predicted molar refractivity (Wildman–Crippen MR) is 75.9 cm³/mol. The van der Waals surface area contributed by atoms with Gasteiger partial charge in [-0.2, -0.15) is 4.98 Å². The number of aromatic nitrogens is 3. The van der Waals surface area contributed by atoms with Crippen LogP contribution in [-0.2, 0) is 6.42 Å². The molecule has 2 heterocycles. The normalized spacial score (nSPS) is 10.7. The van der Waals surface area contributed by atoms with Crippen molar-refractivity contribution < 1.29 is 4.52 Å². The van der Waals surface area contributed by atoms with Gasteiger partial charge in [0.05, 0.1) is 0 Å². The van der Waals surface area contributed by atoms with E-state index in [0.29, 0.717) is 24.0 Å². The molecule has 5 heteroatoms. The van der Waals surface area contributed by atoms with Crippen molar-refractivity contribution in [2.75, 3.05) is 5.73 Å². The van der Waals surface area contributed by atoms with Crippen LogP contribution < -0.4 is 5.73 Å². The highest BCUT2D eigenvalue weighted by Gasteiger charge is 2.09. The van der Waals surface area contributed by atoms with Crippen molar-refractivity contribution in [3.05, 3.63) is 59.5 Å². The van der Waals surface area contributed by atoms with Crippen LogP contribution in [0.15, 0.2) is 47.1 Å². The predicted octanol–water partition coefficient (Wildman–Crippen LogP) is 2.61. The number of pyridine rings is 1. The summed E-state index contributed by atoms with van der Waals surface area (Å²) in [5, 5.41) is 3.99. The maximum atomic E-state index is 5.64. The Balaban J connectivity index is 1.82. The van der Waals surface area contributed by atoms with E-state index in [-0.39, 0.29) is 0 Å². The fourth-order valence-corrected chi connectivity index (χ4v) is 1.91. The Hall–Kier alpha value is -2.69. The van der Waals surface area contributed by atoms with Crippen LogP contribution in [0.5, 0.6) is 0 Å². The molecule has 0 fully saturated rings. The average Bonchev–Trinajstić information content (AvgIpc) is 2.90. The highest BCUT2D eigenvalue weighted by molar-refractivity contribution is 5.56. The summed E-state index contributed by atoms with van der Waals surface area (Å²) in [6.07, 6.45) is 2.26. The lowest BCUT2D eigenvalue weighted by Gasteiger charge is -1.97. The Kier molecular flexibility index (Phi) is 3.16. The molecule has 0 unspecified atom stereocenters. The first-order valence-electron chi connectivity index (χ1n) is 6.31. The topological polar surface area (TPSA) is 77.8 Å². The highest BCUT2D eigenvalue weighted by atomic mass is 16.5. The van der Waals surface area contributed by atoms with Gasteiger partial charge in [-0.25, -0.2) is 4.98 Å². The fourth-order valence-electron chi connectivity index (χ4n) is 1.91. The van der Waals surface area contributed by atoms with Crippen molar-refractivity contribution in [1.29, 1.82) is 0 Å². The summed E-state index contributed by atoms with van der Waals surface area (Å²) < 4.78 is 5.26.